The molecule has 0 unspecified atom stereocenters. The summed E-state index contributed by atoms with van der Waals surface area (Å²) < 4.78 is 39.2. The Hall–Kier alpha value is -2.32. The summed E-state index contributed by atoms with van der Waals surface area (Å²) >= 11 is 0. The second kappa shape index (κ2) is 5.12. The molecule has 0 spiro atoms. The molecule has 0 aliphatic heterocycles. The summed E-state index contributed by atoms with van der Waals surface area (Å²) in [6.45, 7) is 0. The SMILES string of the molecule is N#Cc1cc([C@@H](O)c2cc(F)cc(F)c2)ccc1F. The highest BCUT2D eigenvalue weighted by Crippen LogP contribution is 2.25. The summed E-state index contributed by atoms with van der Waals surface area (Å²) in [6.07, 6.45) is -1.34. The quantitative estimate of drug-likeness (QED) is 0.905. The van der Waals surface area contributed by atoms with Gasteiger partial charge in [-0.25, -0.2) is 13.2 Å². The minimum atomic E-state index is -1.34. The molecule has 0 aliphatic carbocycles. The van der Waals surface area contributed by atoms with Crippen molar-refractivity contribution < 1.29 is 18.3 Å². The van der Waals surface area contributed by atoms with E-state index in [2.05, 4.69) is 0 Å². The van der Waals surface area contributed by atoms with Crippen LogP contribution in [0.4, 0.5) is 13.2 Å². The third-order valence-corrected chi connectivity index (χ3v) is 2.63. The van der Waals surface area contributed by atoms with Crippen LogP contribution >= 0.6 is 0 Å². The standard InChI is InChI=1S/C14H8F3NO/c15-11-4-9(5-12(16)6-11)14(19)8-1-2-13(17)10(3-8)7-18/h1-6,14,19H/t14-/m1/s1. The molecule has 0 radical (unpaired) electrons. The highest BCUT2D eigenvalue weighted by atomic mass is 19.1. The van der Waals surface area contributed by atoms with Crippen molar-refractivity contribution in [3.8, 4) is 6.07 Å². The van der Waals surface area contributed by atoms with Gasteiger partial charge >= 0.3 is 0 Å². The van der Waals surface area contributed by atoms with Gasteiger partial charge in [0.2, 0.25) is 0 Å². The summed E-state index contributed by atoms with van der Waals surface area (Å²) in [6, 6.07) is 7.68. The monoisotopic (exact) mass is 263 g/mol. The average molecular weight is 263 g/mol. The molecule has 1 N–H and O–H groups in total. The summed E-state index contributed by atoms with van der Waals surface area (Å²) in [5, 5.41) is 18.7. The Kier molecular flexibility index (Phi) is 3.54. The molecule has 1 atom stereocenters. The largest absolute Gasteiger partial charge is 0.384 e. The Morgan fingerprint density at radius 2 is 1.58 bits per heavy atom. The predicted octanol–water partition coefficient (Wildman–Crippen LogP) is 3.06. The Labute approximate surface area is 107 Å². The molecule has 0 saturated heterocycles. The van der Waals surface area contributed by atoms with Crippen molar-refractivity contribution in [3.05, 3.63) is 70.5 Å². The van der Waals surface area contributed by atoms with E-state index < -0.39 is 23.6 Å². The van der Waals surface area contributed by atoms with E-state index in [4.69, 9.17) is 5.26 Å². The Bertz CT molecular complexity index is 644. The number of aliphatic hydroxyl groups excluding tert-OH is 1. The van der Waals surface area contributed by atoms with E-state index in [-0.39, 0.29) is 16.7 Å². The lowest BCUT2D eigenvalue weighted by Gasteiger charge is -2.12. The fourth-order valence-corrected chi connectivity index (χ4v) is 1.72. The maximum atomic E-state index is 13.1. The summed E-state index contributed by atoms with van der Waals surface area (Å²) in [7, 11) is 0. The normalized spacial score (nSPS) is 11.9. The number of nitriles is 1. The number of aliphatic hydroxyl groups is 1. The van der Waals surface area contributed by atoms with E-state index in [9.17, 15) is 18.3 Å². The molecule has 2 aromatic carbocycles. The number of nitrogens with zero attached hydrogens (tertiary/aromatic N) is 1. The van der Waals surface area contributed by atoms with Gasteiger partial charge in [0.1, 0.15) is 29.6 Å². The third kappa shape index (κ3) is 2.75. The Morgan fingerprint density at radius 1 is 0.947 bits per heavy atom. The van der Waals surface area contributed by atoms with Crippen molar-refractivity contribution in [1.82, 2.24) is 0 Å². The zero-order valence-corrected chi connectivity index (χ0v) is 9.57. The van der Waals surface area contributed by atoms with Crippen LogP contribution in [-0.2, 0) is 0 Å². The number of hydrogen-bond donors (Lipinski definition) is 1. The highest BCUT2D eigenvalue weighted by Gasteiger charge is 2.14. The van der Waals surface area contributed by atoms with Gasteiger partial charge in [-0.2, -0.15) is 5.26 Å². The van der Waals surface area contributed by atoms with Crippen LogP contribution in [0.1, 0.15) is 22.8 Å². The number of hydrogen-bond acceptors (Lipinski definition) is 2. The van der Waals surface area contributed by atoms with E-state index in [1.807, 2.05) is 0 Å². The molecule has 19 heavy (non-hydrogen) atoms. The summed E-state index contributed by atoms with van der Waals surface area (Å²) in [5.41, 5.74) is -0.0654. The third-order valence-electron chi connectivity index (χ3n) is 2.63. The topological polar surface area (TPSA) is 44.0 Å². The van der Waals surface area contributed by atoms with Crippen molar-refractivity contribution in [1.29, 1.82) is 5.26 Å². The van der Waals surface area contributed by atoms with Gasteiger partial charge in [0.25, 0.3) is 0 Å². The first-order chi connectivity index (χ1) is 9.01. The zero-order chi connectivity index (χ0) is 14.0. The molecule has 2 nitrogen and oxygen atoms in total. The van der Waals surface area contributed by atoms with Crippen LogP contribution < -0.4 is 0 Å². The van der Waals surface area contributed by atoms with Crippen LogP contribution in [0.3, 0.4) is 0 Å². The average Bonchev–Trinajstić information content (AvgIpc) is 2.37. The number of halogens is 3. The van der Waals surface area contributed by atoms with Crippen LogP contribution in [-0.4, -0.2) is 5.11 Å². The van der Waals surface area contributed by atoms with Gasteiger partial charge in [-0.15, -0.1) is 0 Å². The molecule has 2 aromatic rings. The van der Waals surface area contributed by atoms with Gasteiger partial charge < -0.3 is 5.11 Å². The highest BCUT2D eigenvalue weighted by molar-refractivity contribution is 5.38. The van der Waals surface area contributed by atoms with Gasteiger partial charge in [-0.05, 0) is 35.4 Å². The molecule has 0 saturated carbocycles. The van der Waals surface area contributed by atoms with Crippen LogP contribution in [0.15, 0.2) is 36.4 Å². The lowest BCUT2D eigenvalue weighted by Crippen LogP contribution is -2.02. The first-order valence-electron chi connectivity index (χ1n) is 5.35. The first kappa shape index (κ1) is 13.1. The molecule has 0 bridgehead atoms. The second-order valence-electron chi connectivity index (χ2n) is 3.96. The van der Waals surface area contributed by atoms with Gasteiger partial charge in [0.05, 0.1) is 5.56 Å². The molecule has 0 aromatic heterocycles. The Balaban J connectivity index is 2.44. The predicted molar refractivity (Wildman–Crippen MR) is 61.5 cm³/mol. The van der Waals surface area contributed by atoms with E-state index in [1.165, 1.54) is 6.07 Å². The van der Waals surface area contributed by atoms with Crippen molar-refractivity contribution in [2.75, 3.05) is 0 Å². The lowest BCUT2D eigenvalue weighted by molar-refractivity contribution is 0.219. The van der Waals surface area contributed by atoms with Crippen LogP contribution in [0.5, 0.6) is 0 Å². The van der Waals surface area contributed by atoms with Gasteiger partial charge in [-0.3, -0.25) is 0 Å². The number of benzene rings is 2. The molecule has 0 fully saturated rings. The zero-order valence-electron chi connectivity index (χ0n) is 9.57. The smallest absolute Gasteiger partial charge is 0.140 e. The van der Waals surface area contributed by atoms with Crippen LogP contribution in [0.2, 0.25) is 0 Å². The summed E-state index contributed by atoms with van der Waals surface area (Å²) in [4.78, 5) is 0. The van der Waals surface area contributed by atoms with Crippen molar-refractivity contribution in [3.63, 3.8) is 0 Å². The lowest BCUT2D eigenvalue weighted by atomic mass is 9.99. The Morgan fingerprint density at radius 3 is 2.16 bits per heavy atom. The van der Waals surface area contributed by atoms with Gasteiger partial charge in [-0.1, -0.05) is 6.07 Å². The molecule has 2 rings (SSSR count). The second-order valence-corrected chi connectivity index (χ2v) is 3.96. The molecular weight excluding hydrogens is 255 g/mol. The van der Waals surface area contributed by atoms with E-state index >= 15 is 0 Å². The van der Waals surface area contributed by atoms with Gasteiger partial charge in [0, 0.05) is 6.07 Å². The molecule has 5 heteroatoms. The van der Waals surface area contributed by atoms with Crippen molar-refractivity contribution in [2.45, 2.75) is 6.10 Å². The number of rotatable bonds is 2. The van der Waals surface area contributed by atoms with Crippen LogP contribution in [0, 0.1) is 28.8 Å². The van der Waals surface area contributed by atoms with Crippen molar-refractivity contribution in [2.24, 2.45) is 0 Å². The van der Waals surface area contributed by atoms with Crippen molar-refractivity contribution >= 4 is 0 Å². The fraction of sp³-hybridized carbons (Fsp3) is 0.0714. The molecular formula is C14H8F3NO. The molecule has 0 heterocycles. The van der Waals surface area contributed by atoms with E-state index in [1.54, 1.807) is 6.07 Å². The van der Waals surface area contributed by atoms with E-state index in [0.717, 1.165) is 24.3 Å². The summed E-state index contributed by atoms with van der Waals surface area (Å²) in [5.74, 6) is -2.36. The first-order valence-corrected chi connectivity index (χ1v) is 5.35. The molecule has 0 amide bonds. The minimum absolute atomic E-state index is 0.00648. The maximum absolute atomic E-state index is 13.1. The minimum Gasteiger partial charge on any atom is -0.384 e. The fourth-order valence-electron chi connectivity index (χ4n) is 1.72. The van der Waals surface area contributed by atoms with Crippen LogP contribution in [0.25, 0.3) is 0 Å². The maximum Gasteiger partial charge on any atom is 0.140 e. The van der Waals surface area contributed by atoms with Gasteiger partial charge in [0.15, 0.2) is 0 Å². The van der Waals surface area contributed by atoms with E-state index in [0.29, 0.717) is 6.07 Å². The molecule has 96 valence electrons. The molecule has 0 aliphatic rings.